The molecule has 0 unspecified atom stereocenters. The highest BCUT2D eigenvalue weighted by atomic mass is 16.5. The monoisotopic (exact) mass is 281 g/mol. The summed E-state index contributed by atoms with van der Waals surface area (Å²) < 4.78 is 9.53. The number of hydrogen-bond acceptors (Lipinski definition) is 6. The summed E-state index contributed by atoms with van der Waals surface area (Å²) in [5, 5.41) is 3.63. The van der Waals surface area contributed by atoms with Crippen molar-refractivity contribution in [3.05, 3.63) is 17.5 Å². The maximum atomic E-state index is 12.2. The molecule has 20 heavy (non-hydrogen) atoms. The van der Waals surface area contributed by atoms with E-state index < -0.39 is 0 Å². The Balaban J connectivity index is 1.81. The number of methoxy groups -OCH3 is 1. The Morgan fingerprint density at radius 1 is 1.35 bits per heavy atom. The highest BCUT2D eigenvalue weighted by Gasteiger charge is 2.24. The van der Waals surface area contributed by atoms with Crippen LogP contribution in [0.1, 0.15) is 22.5 Å². The highest BCUT2D eigenvalue weighted by Crippen LogP contribution is 2.12. The summed E-state index contributed by atoms with van der Waals surface area (Å²) in [6, 6.07) is 0. The van der Waals surface area contributed by atoms with Gasteiger partial charge >= 0.3 is 5.97 Å². The van der Waals surface area contributed by atoms with Gasteiger partial charge in [-0.1, -0.05) is 5.16 Å². The number of esters is 1. The Morgan fingerprint density at radius 2 is 2.05 bits per heavy atom. The number of aromatic nitrogens is 1. The molecule has 7 heteroatoms. The van der Waals surface area contributed by atoms with Gasteiger partial charge < -0.3 is 14.2 Å². The zero-order valence-corrected chi connectivity index (χ0v) is 11.8. The van der Waals surface area contributed by atoms with Gasteiger partial charge in [-0.15, -0.1) is 0 Å². The van der Waals surface area contributed by atoms with Crippen molar-refractivity contribution >= 4 is 11.9 Å². The molecule has 1 aromatic rings. The van der Waals surface area contributed by atoms with E-state index in [4.69, 9.17) is 4.52 Å². The van der Waals surface area contributed by atoms with Crippen LogP contribution in [-0.2, 0) is 9.53 Å². The van der Waals surface area contributed by atoms with Gasteiger partial charge in [0, 0.05) is 32.7 Å². The van der Waals surface area contributed by atoms with Crippen LogP contribution in [0.2, 0.25) is 0 Å². The van der Waals surface area contributed by atoms with Crippen LogP contribution in [0.5, 0.6) is 0 Å². The number of carbonyl (C=O) groups excluding carboxylic acids is 2. The first-order valence-corrected chi connectivity index (χ1v) is 6.61. The molecule has 0 aromatic carbocycles. The van der Waals surface area contributed by atoms with Gasteiger partial charge in [-0.25, -0.2) is 0 Å². The minimum Gasteiger partial charge on any atom is -0.469 e. The second-order valence-electron chi connectivity index (χ2n) is 4.76. The molecule has 1 fully saturated rings. The quantitative estimate of drug-likeness (QED) is 0.739. The van der Waals surface area contributed by atoms with Crippen LogP contribution in [0.4, 0.5) is 0 Å². The molecule has 1 saturated heterocycles. The summed E-state index contributed by atoms with van der Waals surface area (Å²) in [5.41, 5.74) is 0.521. The maximum absolute atomic E-state index is 12.2. The lowest BCUT2D eigenvalue weighted by Gasteiger charge is -2.34. The van der Waals surface area contributed by atoms with E-state index in [1.54, 1.807) is 11.8 Å². The summed E-state index contributed by atoms with van der Waals surface area (Å²) in [5.74, 6) is 0.295. The third kappa shape index (κ3) is 3.36. The number of hydrogen-bond donors (Lipinski definition) is 0. The first-order chi connectivity index (χ1) is 9.61. The molecule has 0 aliphatic carbocycles. The van der Waals surface area contributed by atoms with Crippen LogP contribution in [0, 0.1) is 6.92 Å². The predicted octanol–water partition coefficient (Wildman–Crippen LogP) is 0.304. The molecular weight excluding hydrogens is 262 g/mol. The second kappa shape index (κ2) is 6.51. The van der Waals surface area contributed by atoms with Gasteiger partial charge in [0.2, 0.25) is 0 Å². The SMILES string of the molecule is COC(=O)CCN1CCN(C(=O)c2cnoc2C)CC1. The number of nitrogens with zero attached hydrogens (tertiary/aromatic N) is 3. The molecule has 2 heterocycles. The van der Waals surface area contributed by atoms with E-state index in [0.29, 0.717) is 37.4 Å². The van der Waals surface area contributed by atoms with Crippen molar-refractivity contribution in [1.82, 2.24) is 15.0 Å². The maximum Gasteiger partial charge on any atom is 0.306 e. The minimum absolute atomic E-state index is 0.0450. The lowest BCUT2D eigenvalue weighted by molar-refractivity contribution is -0.141. The summed E-state index contributed by atoms with van der Waals surface area (Å²) >= 11 is 0. The number of ether oxygens (including phenoxy) is 1. The van der Waals surface area contributed by atoms with Crippen molar-refractivity contribution in [2.45, 2.75) is 13.3 Å². The van der Waals surface area contributed by atoms with Crippen LogP contribution in [0.15, 0.2) is 10.7 Å². The summed E-state index contributed by atoms with van der Waals surface area (Å²) in [6.07, 6.45) is 1.84. The van der Waals surface area contributed by atoms with Crippen LogP contribution in [0.3, 0.4) is 0 Å². The van der Waals surface area contributed by atoms with Gasteiger partial charge in [0.1, 0.15) is 11.3 Å². The fraction of sp³-hybridized carbons (Fsp3) is 0.615. The van der Waals surface area contributed by atoms with Gasteiger partial charge in [-0.3, -0.25) is 14.5 Å². The van der Waals surface area contributed by atoms with Gasteiger partial charge in [0.15, 0.2) is 0 Å². The van der Waals surface area contributed by atoms with Crippen LogP contribution in [-0.4, -0.2) is 66.7 Å². The summed E-state index contributed by atoms with van der Waals surface area (Å²) in [6.45, 7) is 5.20. The molecule has 0 saturated carbocycles. The average Bonchev–Trinajstić information content (AvgIpc) is 2.90. The fourth-order valence-electron chi connectivity index (χ4n) is 2.20. The zero-order chi connectivity index (χ0) is 14.5. The third-order valence-corrected chi connectivity index (χ3v) is 3.50. The van der Waals surface area contributed by atoms with Crippen molar-refractivity contribution in [3.8, 4) is 0 Å². The largest absolute Gasteiger partial charge is 0.469 e. The Hall–Kier alpha value is -1.89. The van der Waals surface area contributed by atoms with Gasteiger partial charge in [0.25, 0.3) is 5.91 Å². The van der Waals surface area contributed by atoms with Crippen LogP contribution < -0.4 is 0 Å². The van der Waals surface area contributed by atoms with E-state index in [9.17, 15) is 9.59 Å². The second-order valence-corrected chi connectivity index (χ2v) is 4.76. The predicted molar refractivity (Wildman–Crippen MR) is 70.2 cm³/mol. The van der Waals surface area contributed by atoms with E-state index in [1.165, 1.54) is 13.3 Å². The van der Waals surface area contributed by atoms with Crippen molar-refractivity contribution in [1.29, 1.82) is 0 Å². The van der Waals surface area contributed by atoms with Crippen molar-refractivity contribution in [3.63, 3.8) is 0 Å². The molecule has 0 atom stereocenters. The van der Waals surface area contributed by atoms with Crippen LogP contribution in [0.25, 0.3) is 0 Å². The fourth-order valence-corrected chi connectivity index (χ4v) is 2.20. The minimum atomic E-state index is -0.205. The Labute approximate surface area is 117 Å². The Kier molecular flexibility index (Phi) is 4.73. The Bertz CT molecular complexity index is 478. The normalized spacial score (nSPS) is 16.2. The molecule has 1 amide bonds. The van der Waals surface area contributed by atoms with Gasteiger partial charge in [0.05, 0.1) is 19.7 Å². The molecule has 0 spiro atoms. The van der Waals surface area contributed by atoms with E-state index in [-0.39, 0.29) is 11.9 Å². The number of carbonyl (C=O) groups is 2. The van der Waals surface area contributed by atoms with Gasteiger partial charge in [-0.2, -0.15) is 0 Å². The van der Waals surface area contributed by atoms with Crippen molar-refractivity contribution in [2.24, 2.45) is 0 Å². The lowest BCUT2D eigenvalue weighted by Crippen LogP contribution is -2.49. The first-order valence-electron chi connectivity index (χ1n) is 6.61. The Morgan fingerprint density at radius 3 is 2.60 bits per heavy atom. The zero-order valence-electron chi connectivity index (χ0n) is 11.8. The molecular formula is C13H19N3O4. The average molecular weight is 281 g/mol. The standard InChI is InChI=1S/C13H19N3O4/c1-10-11(9-14-20-10)13(18)16-7-5-15(6-8-16)4-3-12(17)19-2/h9H,3-8H2,1-2H3. The smallest absolute Gasteiger partial charge is 0.306 e. The summed E-state index contributed by atoms with van der Waals surface area (Å²) in [7, 11) is 1.39. The van der Waals surface area contributed by atoms with E-state index in [0.717, 1.165) is 13.1 Å². The highest BCUT2D eigenvalue weighted by molar-refractivity contribution is 5.94. The number of aryl methyl sites for hydroxylation is 1. The molecule has 0 N–H and O–H groups in total. The van der Waals surface area contributed by atoms with Crippen LogP contribution >= 0.6 is 0 Å². The molecule has 1 aliphatic heterocycles. The summed E-state index contributed by atoms with van der Waals surface area (Å²) in [4.78, 5) is 27.3. The van der Waals surface area contributed by atoms with Gasteiger partial charge in [-0.05, 0) is 6.92 Å². The number of piperazine rings is 1. The molecule has 2 rings (SSSR count). The topological polar surface area (TPSA) is 75.9 Å². The molecule has 1 aromatic heterocycles. The number of rotatable bonds is 4. The first kappa shape index (κ1) is 14.5. The molecule has 1 aliphatic rings. The molecule has 7 nitrogen and oxygen atoms in total. The van der Waals surface area contributed by atoms with E-state index in [2.05, 4.69) is 14.8 Å². The lowest BCUT2D eigenvalue weighted by atomic mass is 10.2. The molecule has 0 radical (unpaired) electrons. The van der Waals surface area contributed by atoms with Crippen molar-refractivity contribution < 1.29 is 18.8 Å². The van der Waals surface area contributed by atoms with E-state index in [1.807, 2.05) is 0 Å². The third-order valence-electron chi connectivity index (χ3n) is 3.50. The number of amides is 1. The van der Waals surface area contributed by atoms with E-state index >= 15 is 0 Å². The molecule has 0 bridgehead atoms. The van der Waals surface area contributed by atoms with Crippen molar-refractivity contribution in [2.75, 3.05) is 39.8 Å². The molecule has 110 valence electrons.